The summed E-state index contributed by atoms with van der Waals surface area (Å²) in [5.74, 6) is -0.759. The lowest BCUT2D eigenvalue weighted by Gasteiger charge is -2.20. The van der Waals surface area contributed by atoms with Crippen LogP contribution in [0.4, 0.5) is 5.13 Å². The third-order valence-electron chi connectivity index (χ3n) is 3.66. The van der Waals surface area contributed by atoms with Crippen molar-refractivity contribution in [3.8, 4) is 0 Å². The second-order valence-electron chi connectivity index (χ2n) is 5.58. The number of carbonyl (C=O) groups is 1. The molecule has 0 aliphatic carbocycles. The standard InChI is InChI=1S/C16H29N3O2S/c1-3-5-6-7-8-9-10-12-19(13-11-15(20)21)16-18-17-14(4-2)22-16/h3-13H2,1-2H3,(H,20,21). The predicted octanol–water partition coefficient (Wildman–Crippen LogP) is 4.13. The minimum atomic E-state index is -0.759. The number of anilines is 1. The van der Waals surface area contributed by atoms with E-state index in [0.29, 0.717) is 6.54 Å². The molecule has 1 aromatic rings. The zero-order valence-electron chi connectivity index (χ0n) is 13.9. The molecular formula is C16H29N3O2S. The highest BCUT2D eigenvalue weighted by atomic mass is 32.1. The quantitative estimate of drug-likeness (QED) is 0.552. The Balaban J connectivity index is 2.36. The fourth-order valence-electron chi connectivity index (χ4n) is 2.31. The van der Waals surface area contributed by atoms with Gasteiger partial charge in [0.25, 0.3) is 0 Å². The average molecular weight is 327 g/mol. The van der Waals surface area contributed by atoms with Crippen molar-refractivity contribution in [2.75, 3.05) is 18.0 Å². The first-order chi connectivity index (χ1) is 10.7. The van der Waals surface area contributed by atoms with Crippen LogP contribution < -0.4 is 4.90 Å². The van der Waals surface area contributed by atoms with E-state index in [1.807, 2.05) is 0 Å². The predicted molar refractivity (Wildman–Crippen MR) is 91.7 cm³/mol. The molecule has 0 atom stereocenters. The zero-order chi connectivity index (χ0) is 16.2. The van der Waals surface area contributed by atoms with E-state index >= 15 is 0 Å². The molecule has 0 aromatic carbocycles. The molecule has 1 aromatic heterocycles. The Kier molecular flexibility index (Phi) is 9.79. The topological polar surface area (TPSA) is 66.3 Å². The number of hydrogen-bond acceptors (Lipinski definition) is 5. The van der Waals surface area contributed by atoms with Gasteiger partial charge in [-0.15, -0.1) is 10.2 Å². The van der Waals surface area contributed by atoms with E-state index in [0.717, 1.165) is 29.5 Å². The smallest absolute Gasteiger partial charge is 0.305 e. The molecule has 0 saturated carbocycles. The van der Waals surface area contributed by atoms with Gasteiger partial charge in [0.05, 0.1) is 6.42 Å². The first kappa shape index (κ1) is 18.9. The maximum atomic E-state index is 10.8. The van der Waals surface area contributed by atoms with Crippen molar-refractivity contribution in [2.24, 2.45) is 0 Å². The van der Waals surface area contributed by atoms with Crippen LogP contribution in [0.5, 0.6) is 0 Å². The Morgan fingerprint density at radius 3 is 2.32 bits per heavy atom. The lowest BCUT2D eigenvalue weighted by atomic mass is 10.1. The summed E-state index contributed by atoms with van der Waals surface area (Å²) < 4.78 is 0. The van der Waals surface area contributed by atoms with Crippen LogP contribution in [0.1, 0.15) is 70.2 Å². The third-order valence-corrected chi connectivity index (χ3v) is 4.78. The van der Waals surface area contributed by atoms with Gasteiger partial charge in [0.1, 0.15) is 5.01 Å². The van der Waals surface area contributed by atoms with Crippen molar-refractivity contribution >= 4 is 22.4 Å². The van der Waals surface area contributed by atoms with Crippen LogP contribution in [0, 0.1) is 0 Å². The number of carboxylic acids is 1. The van der Waals surface area contributed by atoms with Crippen molar-refractivity contribution in [3.63, 3.8) is 0 Å². The van der Waals surface area contributed by atoms with E-state index in [2.05, 4.69) is 28.9 Å². The summed E-state index contributed by atoms with van der Waals surface area (Å²) in [4.78, 5) is 12.9. The molecule has 0 bridgehead atoms. The van der Waals surface area contributed by atoms with Gasteiger partial charge < -0.3 is 10.0 Å². The molecule has 0 amide bonds. The van der Waals surface area contributed by atoms with Crippen molar-refractivity contribution in [1.29, 1.82) is 0 Å². The summed E-state index contributed by atoms with van der Waals surface area (Å²) in [6, 6.07) is 0. The zero-order valence-corrected chi connectivity index (χ0v) is 14.7. The van der Waals surface area contributed by atoms with Crippen molar-refractivity contribution in [1.82, 2.24) is 10.2 Å². The molecule has 0 unspecified atom stereocenters. The molecule has 0 aliphatic rings. The minimum Gasteiger partial charge on any atom is -0.481 e. The normalized spacial score (nSPS) is 10.8. The Morgan fingerprint density at radius 2 is 1.73 bits per heavy atom. The maximum Gasteiger partial charge on any atom is 0.305 e. The van der Waals surface area contributed by atoms with Crippen LogP contribution in [0.15, 0.2) is 0 Å². The summed E-state index contributed by atoms with van der Waals surface area (Å²) in [5, 5.41) is 19.1. The van der Waals surface area contributed by atoms with Crippen molar-refractivity contribution in [2.45, 2.75) is 71.6 Å². The molecule has 126 valence electrons. The summed E-state index contributed by atoms with van der Waals surface area (Å²) in [6.45, 7) is 5.68. The number of aliphatic carboxylic acids is 1. The van der Waals surface area contributed by atoms with Crippen LogP contribution in [0.3, 0.4) is 0 Å². The van der Waals surface area contributed by atoms with Crippen LogP contribution in [0.25, 0.3) is 0 Å². The fourth-order valence-corrected chi connectivity index (χ4v) is 3.14. The lowest BCUT2D eigenvalue weighted by molar-refractivity contribution is -0.136. The summed E-state index contributed by atoms with van der Waals surface area (Å²) in [7, 11) is 0. The van der Waals surface area contributed by atoms with Gasteiger partial charge in [0.15, 0.2) is 0 Å². The van der Waals surface area contributed by atoms with E-state index in [1.54, 1.807) is 11.3 Å². The van der Waals surface area contributed by atoms with Gasteiger partial charge in [-0.05, 0) is 12.8 Å². The van der Waals surface area contributed by atoms with Crippen LogP contribution in [-0.4, -0.2) is 34.4 Å². The van der Waals surface area contributed by atoms with E-state index in [-0.39, 0.29) is 6.42 Å². The SMILES string of the molecule is CCCCCCCCCN(CCC(=O)O)c1nnc(CC)s1. The highest BCUT2D eigenvalue weighted by Gasteiger charge is 2.13. The van der Waals surface area contributed by atoms with Gasteiger partial charge in [0.2, 0.25) is 5.13 Å². The molecule has 1 rings (SSSR count). The number of rotatable bonds is 13. The van der Waals surface area contributed by atoms with Gasteiger partial charge in [-0.25, -0.2) is 0 Å². The van der Waals surface area contributed by atoms with Gasteiger partial charge in [0, 0.05) is 13.1 Å². The highest BCUT2D eigenvalue weighted by Crippen LogP contribution is 2.21. The fraction of sp³-hybridized carbons (Fsp3) is 0.812. The van der Waals surface area contributed by atoms with Crippen molar-refractivity contribution < 1.29 is 9.90 Å². The Morgan fingerprint density at radius 1 is 1.05 bits per heavy atom. The molecule has 22 heavy (non-hydrogen) atoms. The molecule has 0 saturated heterocycles. The molecule has 0 radical (unpaired) electrons. The first-order valence-electron chi connectivity index (χ1n) is 8.46. The molecule has 0 fully saturated rings. The van der Waals surface area contributed by atoms with E-state index in [1.165, 1.54) is 38.5 Å². The minimum absolute atomic E-state index is 0.150. The lowest BCUT2D eigenvalue weighted by Crippen LogP contribution is -2.27. The number of unbranched alkanes of at least 4 members (excludes halogenated alkanes) is 6. The summed E-state index contributed by atoms with van der Waals surface area (Å²) >= 11 is 1.58. The van der Waals surface area contributed by atoms with Crippen molar-refractivity contribution in [3.05, 3.63) is 5.01 Å². The molecule has 0 spiro atoms. The number of hydrogen-bond donors (Lipinski definition) is 1. The molecule has 1 N–H and O–H groups in total. The second-order valence-corrected chi connectivity index (χ2v) is 6.62. The van der Waals surface area contributed by atoms with E-state index < -0.39 is 5.97 Å². The number of nitrogens with zero attached hydrogens (tertiary/aromatic N) is 3. The number of aryl methyl sites for hydroxylation is 1. The Hall–Kier alpha value is -1.17. The molecule has 6 heteroatoms. The van der Waals surface area contributed by atoms with Gasteiger partial charge in [-0.1, -0.05) is 63.7 Å². The Labute approximate surface area is 137 Å². The molecule has 0 aliphatic heterocycles. The van der Waals surface area contributed by atoms with Crippen LogP contribution >= 0.6 is 11.3 Å². The maximum absolute atomic E-state index is 10.8. The molecule has 5 nitrogen and oxygen atoms in total. The average Bonchev–Trinajstić information content (AvgIpc) is 2.98. The van der Waals surface area contributed by atoms with Gasteiger partial charge in [-0.3, -0.25) is 4.79 Å². The van der Waals surface area contributed by atoms with E-state index in [9.17, 15) is 4.79 Å². The summed E-state index contributed by atoms with van der Waals surface area (Å²) in [5.41, 5.74) is 0. The van der Waals surface area contributed by atoms with E-state index in [4.69, 9.17) is 5.11 Å². The third kappa shape index (κ3) is 7.73. The molecular weight excluding hydrogens is 298 g/mol. The monoisotopic (exact) mass is 327 g/mol. The second kappa shape index (κ2) is 11.4. The largest absolute Gasteiger partial charge is 0.481 e. The van der Waals surface area contributed by atoms with Gasteiger partial charge in [-0.2, -0.15) is 0 Å². The Bertz CT molecular complexity index is 423. The van der Waals surface area contributed by atoms with Crippen LogP contribution in [0.2, 0.25) is 0 Å². The number of aromatic nitrogens is 2. The highest BCUT2D eigenvalue weighted by molar-refractivity contribution is 7.15. The molecule has 1 heterocycles. The number of carboxylic acid groups (broad SMARTS) is 1. The van der Waals surface area contributed by atoms with Gasteiger partial charge >= 0.3 is 5.97 Å². The first-order valence-corrected chi connectivity index (χ1v) is 9.28. The summed E-state index contributed by atoms with van der Waals surface area (Å²) in [6.07, 6.45) is 9.83. The van der Waals surface area contributed by atoms with Crippen LogP contribution in [-0.2, 0) is 11.2 Å².